The van der Waals surface area contributed by atoms with Crippen LogP contribution in [0.1, 0.15) is 5.56 Å². The van der Waals surface area contributed by atoms with Gasteiger partial charge < -0.3 is 23.9 Å². The lowest BCUT2D eigenvalue weighted by Crippen LogP contribution is -2.06. The molecule has 9 nitrogen and oxygen atoms in total. The fraction of sp³-hybridized carbons (Fsp3) is 0.143. The maximum Gasteiger partial charge on any atom is 0.141 e. The highest BCUT2D eigenvalue weighted by molar-refractivity contribution is 5.91. The molecule has 0 saturated heterocycles. The Morgan fingerprint density at radius 2 is 1.81 bits per heavy atom. The van der Waals surface area contributed by atoms with Crippen LogP contribution < -0.4 is 14.8 Å². The molecule has 0 amide bonds. The average molecular weight is 492 g/mol. The van der Waals surface area contributed by atoms with Gasteiger partial charge in [0.1, 0.15) is 36.0 Å². The predicted octanol–water partition coefficient (Wildman–Crippen LogP) is 5.64. The molecule has 3 aromatic heterocycles. The topological polar surface area (TPSA) is 91.9 Å². The zero-order valence-corrected chi connectivity index (χ0v) is 20.5. The van der Waals surface area contributed by atoms with Crippen LogP contribution >= 0.6 is 0 Å². The summed E-state index contributed by atoms with van der Waals surface area (Å²) < 4.78 is 16.1. The normalized spacial score (nSPS) is 11.2. The molecule has 0 aliphatic carbocycles. The number of rotatable bonds is 8. The Bertz CT molecular complexity index is 1690. The molecule has 6 rings (SSSR count). The fourth-order valence-electron chi connectivity index (χ4n) is 4.20. The second kappa shape index (κ2) is 9.62. The molecule has 0 spiro atoms. The molecule has 184 valence electrons. The van der Waals surface area contributed by atoms with E-state index in [-0.39, 0.29) is 0 Å². The van der Waals surface area contributed by atoms with Gasteiger partial charge in [0, 0.05) is 36.6 Å². The Kier molecular flexibility index (Phi) is 5.86. The lowest BCUT2D eigenvalue weighted by Gasteiger charge is -2.13. The third-order valence-electron chi connectivity index (χ3n) is 6.15. The maximum atomic E-state index is 6.16. The van der Waals surface area contributed by atoms with Crippen molar-refractivity contribution >= 4 is 33.4 Å². The number of ether oxygens (including phenoxy) is 2. The number of hydrogen-bond donors (Lipinski definition) is 1. The average Bonchev–Trinajstić information content (AvgIpc) is 3.56. The molecule has 0 saturated carbocycles. The minimum absolute atomic E-state index is 0.534. The second-order valence-corrected chi connectivity index (χ2v) is 8.76. The number of nitrogens with one attached hydrogen (secondary N) is 1. The number of aromatic nitrogens is 6. The first-order valence-corrected chi connectivity index (χ1v) is 11.9. The van der Waals surface area contributed by atoms with Crippen molar-refractivity contribution in [3.63, 3.8) is 0 Å². The summed E-state index contributed by atoms with van der Waals surface area (Å²) in [7, 11) is 1.98. The molecule has 9 heteroatoms. The predicted molar refractivity (Wildman–Crippen MR) is 143 cm³/mol. The highest BCUT2D eigenvalue weighted by atomic mass is 16.5. The lowest BCUT2D eigenvalue weighted by atomic mass is 10.2. The van der Waals surface area contributed by atoms with Crippen molar-refractivity contribution in [1.29, 1.82) is 0 Å². The lowest BCUT2D eigenvalue weighted by molar-refractivity contribution is 0.298. The number of imidazole rings is 2. The van der Waals surface area contributed by atoms with Gasteiger partial charge in [0.05, 0.1) is 35.7 Å². The summed E-state index contributed by atoms with van der Waals surface area (Å²) in [5, 5.41) is 4.30. The molecule has 0 aliphatic heterocycles. The van der Waals surface area contributed by atoms with Gasteiger partial charge in [0.25, 0.3) is 0 Å². The summed E-state index contributed by atoms with van der Waals surface area (Å²) in [6, 6.07) is 17.7. The molecule has 0 atom stereocenters. The Morgan fingerprint density at radius 1 is 0.892 bits per heavy atom. The van der Waals surface area contributed by atoms with Crippen LogP contribution in [-0.4, -0.2) is 35.7 Å². The van der Waals surface area contributed by atoms with Crippen LogP contribution in [0.4, 0.5) is 11.5 Å². The van der Waals surface area contributed by atoms with E-state index in [9.17, 15) is 0 Å². The summed E-state index contributed by atoms with van der Waals surface area (Å²) in [4.78, 5) is 17.4. The van der Waals surface area contributed by atoms with E-state index < -0.39 is 0 Å². The first-order chi connectivity index (χ1) is 18.1. The van der Waals surface area contributed by atoms with E-state index in [0.717, 1.165) is 57.0 Å². The van der Waals surface area contributed by atoms with Crippen molar-refractivity contribution in [2.75, 3.05) is 11.9 Å². The van der Waals surface area contributed by atoms with E-state index in [4.69, 9.17) is 9.47 Å². The van der Waals surface area contributed by atoms with Crippen molar-refractivity contribution in [3.8, 4) is 17.2 Å². The number of benzene rings is 3. The highest BCUT2D eigenvalue weighted by Gasteiger charge is 2.09. The van der Waals surface area contributed by atoms with Crippen LogP contribution in [0.3, 0.4) is 0 Å². The van der Waals surface area contributed by atoms with Crippen LogP contribution in [-0.2, 0) is 13.6 Å². The quantitative estimate of drug-likeness (QED) is 0.295. The zero-order chi connectivity index (χ0) is 25.2. The van der Waals surface area contributed by atoms with Gasteiger partial charge in [-0.15, -0.1) is 0 Å². The molecule has 37 heavy (non-hydrogen) atoms. The van der Waals surface area contributed by atoms with Gasteiger partial charge in [-0.25, -0.2) is 19.9 Å². The number of aryl methyl sites for hydroxylation is 2. The Hall–Kier alpha value is -4.92. The van der Waals surface area contributed by atoms with Crippen molar-refractivity contribution in [3.05, 3.63) is 91.5 Å². The molecule has 3 heterocycles. The van der Waals surface area contributed by atoms with Gasteiger partial charge in [-0.2, -0.15) is 0 Å². The summed E-state index contributed by atoms with van der Waals surface area (Å²) >= 11 is 0. The summed E-state index contributed by atoms with van der Waals surface area (Å²) in [6.07, 6.45) is 8.80. The number of nitrogens with zero attached hydrogens (tertiary/aromatic N) is 6. The Labute approximate surface area is 213 Å². The highest BCUT2D eigenvalue weighted by Crippen LogP contribution is 2.31. The molecular weight excluding hydrogens is 466 g/mol. The maximum absolute atomic E-state index is 6.16. The Morgan fingerprint density at radius 3 is 2.68 bits per heavy atom. The third kappa shape index (κ3) is 4.79. The van der Waals surface area contributed by atoms with Crippen LogP contribution in [0.25, 0.3) is 21.9 Å². The zero-order valence-electron chi connectivity index (χ0n) is 20.5. The van der Waals surface area contributed by atoms with Crippen molar-refractivity contribution in [2.24, 2.45) is 7.05 Å². The molecule has 0 fully saturated rings. The first kappa shape index (κ1) is 22.5. The molecular formula is C28H25N7O2. The monoisotopic (exact) mass is 491 g/mol. The van der Waals surface area contributed by atoms with Crippen LogP contribution in [0.5, 0.6) is 17.2 Å². The van der Waals surface area contributed by atoms with Gasteiger partial charge in [0.15, 0.2) is 0 Å². The van der Waals surface area contributed by atoms with Gasteiger partial charge in [-0.3, -0.25) is 0 Å². The van der Waals surface area contributed by atoms with Crippen LogP contribution in [0, 0.1) is 6.92 Å². The molecule has 3 aromatic carbocycles. The van der Waals surface area contributed by atoms with E-state index >= 15 is 0 Å². The number of anilines is 2. The van der Waals surface area contributed by atoms with Gasteiger partial charge in [0.2, 0.25) is 0 Å². The second-order valence-electron chi connectivity index (χ2n) is 8.76. The van der Waals surface area contributed by atoms with Crippen molar-refractivity contribution in [1.82, 2.24) is 29.1 Å². The smallest absolute Gasteiger partial charge is 0.141 e. The molecule has 0 bridgehead atoms. The summed E-state index contributed by atoms with van der Waals surface area (Å²) in [6.45, 7) is 3.27. The molecule has 0 aliphatic rings. The van der Waals surface area contributed by atoms with Gasteiger partial charge >= 0.3 is 0 Å². The summed E-state index contributed by atoms with van der Waals surface area (Å²) in [5.41, 5.74) is 4.69. The largest absolute Gasteiger partial charge is 0.492 e. The van der Waals surface area contributed by atoms with E-state index in [1.165, 1.54) is 0 Å². The molecule has 1 N–H and O–H groups in total. The van der Waals surface area contributed by atoms with E-state index in [0.29, 0.717) is 12.4 Å². The molecule has 6 aromatic rings. The number of fused-ring (bicyclic) bond motifs is 2. The van der Waals surface area contributed by atoms with E-state index in [1.807, 2.05) is 83.9 Å². The standard InChI is InChI=1S/C28H25N7O2/c1-19-13-20(3-8-27(19)37-22-5-7-26-25(15-22)32-18-34(26)2)33-28-23-14-21(4-6-24(23)30-16-31-28)36-12-11-35-10-9-29-17-35/h3-10,13-18H,11-12H2,1-2H3,(H,30,31,33). The number of hydrogen-bond acceptors (Lipinski definition) is 7. The molecule has 0 unspecified atom stereocenters. The van der Waals surface area contributed by atoms with E-state index in [1.54, 1.807) is 25.2 Å². The van der Waals surface area contributed by atoms with Crippen LogP contribution in [0.15, 0.2) is 86.0 Å². The third-order valence-corrected chi connectivity index (χ3v) is 6.15. The minimum Gasteiger partial charge on any atom is -0.492 e. The van der Waals surface area contributed by atoms with Gasteiger partial charge in [-0.1, -0.05) is 0 Å². The fourth-order valence-corrected chi connectivity index (χ4v) is 4.20. The van der Waals surface area contributed by atoms with E-state index in [2.05, 4.69) is 25.3 Å². The molecule has 0 radical (unpaired) electrons. The van der Waals surface area contributed by atoms with Crippen LogP contribution in [0.2, 0.25) is 0 Å². The summed E-state index contributed by atoms with van der Waals surface area (Å²) in [5.74, 6) is 2.99. The first-order valence-electron chi connectivity index (χ1n) is 11.9. The van der Waals surface area contributed by atoms with Crippen molar-refractivity contribution < 1.29 is 9.47 Å². The minimum atomic E-state index is 0.534. The Balaban J connectivity index is 1.19. The SMILES string of the molecule is Cc1cc(Nc2ncnc3ccc(OCCn4ccnc4)cc23)ccc1Oc1ccc2c(c1)ncn2C. The van der Waals surface area contributed by atoms with Gasteiger partial charge in [-0.05, 0) is 61.0 Å². The van der Waals surface area contributed by atoms with Crippen molar-refractivity contribution in [2.45, 2.75) is 13.5 Å².